The first-order valence-electron chi connectivity index (χ1n) is 6.87. The summed E-state index contributed by atoms with van der Waals surface area (Å²) in [5, 5.41) is 2.33. The molecule has 102 valence electrons. The van der Waals surface area contributed by atoms with E-state index in [1.807, 2.05) is 30.3 Å². The molecule has 2 saturated carbocycles. The maximum absolute atomic E-state index is 12.4. The zero-order chi connectivity index (χ0) is 13.9. The first kappa shape index (κ1) is 11.6. The summed E-state index contributed by atoms with van der Waals surface area (Å²) in [6.45, 7) is 0. The Labute approximate surface area is 115 Å². The Kier molecular flexibility index (Phi) is 2.14. The van der Waals surface area contributed by atoms with E-state index < -0.39 is 17.4 Å². The highest BCUT2D eigenvalue weighted by Crippen LogP contribution is 2.53. The predicted octanol–water partition coefficient (Wildman–Crippen LogP) is 1.40. The van der Waals surface area contributed by atoms with Crippen LogP contribution in [0, 0.1) is 5.41 Å². The van der Waals surface area contributed by atoms with Crippen LogP contribution in [0.25, 0.3) is 0 Å². The third-order valence-electron chi connectivity index (χ3n) is 4.57. The van der Waals surface area contributed by atoms with Gasteiger partial charge in [0.05, 0.1) is 0 Å². The van der Waals surface area contributed by atoms with Crippen molar-refractivity contribution in [3.8, 4) is 0 Å². The molecule has 4 amide bonds. The van der Waals surface area contributed by atoms with Gasteiger partial charge in [-0.2, -0.15) is 0 Å². The number of benzene rings is 1. The normalized spacial score (nSPS) is 30.4. The Bertz CT molecular complexity index is 621. The number of nitrogens with one attached hydrogen (secondary N) is 1. The number of rotatable bonds is 2. The molecular formula is C15H14N2O3. The second-order valence-corrected chi connectivity index (χ2v) is 5.84. The summed E-state index contributed by atoms with van der Waals surface area (Å²) in [4.78, 5) is 37.4. The van der Waals surface area contributed by atoms with Gasteiger partial charge in [0, 0.05) is 12.0 Å². The van der Waals surface area contributed by atoms with E-state index in [0.717, 1.165) is 12.0 Å². The molecule has 5 heteroatoms. The highest BCUT2D eigenvalue weighted by Gasteiger charge is 2.65. The Hall–Kier alpha value is -2.17. The molecule has 0 aromatic heterocycles. The fraction of sp³-hybridized carbons (Fsp3) is 0.400. The number of barbiturate groups is 1. The monoisotopic (exact) mass is 270 g/mol. The second kappa shape index (κ2) is 3.69. The van der Waals surface area contributed by atoms with E-state index in [0.29, 0.717) is 12.8 Å². The molecule has 3 fully saturated rings. The number of imide groups is 2. The summed E-state index contributed by atoms with van der Waals surface area (Å²) in [7, 11) is 0. The fourth-order valence-electron chi connectivity index (χ4n) is 3.09. The van der Waals surface area contributed by atoms with Crippen molar-refractivity contribution in [3.63, 3.8) is 0 Å². The number of amides is 4. The Morgan fingerprint density at radius 1 is 1.10 bits per heavy atom. The minimum Gasteiger partial charge on any atom is -0.277 e. The molecular weight excluding hydrogens is 256 g/mol. The van der Waals surface area contributed by atoms with Crippen LogP contribution in [-0.2, 0) is 9.59 Å². The molecule has 20 heavy (non-hydrogen) atoms. The van der Waals surface area contributed by atoms with E-state index in [4.69, 9.17) is 0 Å². The first-order chi connectivity index (χ1) is 9.63. The molecule has 1 saturated heterocycles. The molecule has 1 N–H and O–H groups in total. The summed E-state index contributed by atoms with van der Waals surface area (Å²) in [6.07, 6.45) is 1.90. The van der Waals surface area contributed by atoms with Crippen LogP contribution in [0.2, 0.25) is 0 Å². The third kappa shape index (κ3) is 1.46. The van der Waals surface area contributed by atoms with Crippen molar-refractivity contribution >= 4 is 17.8 Å². The summed E-state index contributed by atoms with van der Waals surface area (Å²) < 4.78 is 0. The average molecular weight is 270 g/mol. The molecule has 5 nitrogen and oxygen atoms in total. The third-order valence-corrected chi connectivity index (χ3v) is 4.57. The van der Waals surface area contributed by atoms with E-state index in [-0.39, 0.29) is 17.9 Å². The van der Waals surface area contributed by atoms with Crippen molar-refractivity contribution in [1.29, 1.82) is 0 Å². The van der Waals surface area contributed by atoms with Gasteiger partial charge in [-0.25, -0.2) is 4.79 Å². The molecule has 1 aromatic rings. The Morgan fingerprint density at radius 2 is 1.80 bits per heavy atom. The van der Waals surface area contributed by atoms with Gasteiger partial charge >= 0.3 is 6.03 Å². The van der Waals surface area contributed by atoms with Crippen molar-refractivity contribution in [2.45, 2.75) is 31.2 Å². The van der Waals surface area contributed by atoms with E-state index >= 15 is 0 Å². The molecule has 1 heterocycles. The molecule has 2 aliphatic carbocycles. The van der Waals surface area contributed by atoms with Crippen molar-refractivity contribution in [2.75, 3.05) is 0 Å². The minimum absolute atomic E-state index is 0.101. The smallest absolute Gasteiger partial charge is 0.277 e. The van der Waals surface area contributed by atoms with Crippen molar-refractivity contribution in [1.82, 2.24) is 10.2 Å². The van der Waals surface area contributed by atoms with Gasteiger partial charge in [0.2, 0.25) is 11.8 Å². The molecule has 1 spiro atoms. The molecule has 3 aliphatic rings. The van der Waals surface area contributed by atoms with E-state index in [1.54, 1.807) is 0 Å². The van der Waals surface area contributed by atoms with Gasteiger partial charge in [-0.1, -0.05) is 30.3 Å². The number of hydrogen-bond donors (Lipinski definition) is 1. The van der Waals surface area contributed by atoms with Crippen LogP contribution >= 0.6 is 0 Å². The molecule has 2 atom stereocenters. The van der Waals surface area contributed by atoms with Gasteiger partial charge in [-0.15, -0.1) is 0 Å². The number of urea groups is 1. The lowest BCUT2D eigenvalue weighted by atomic mass is 10.0. The van der Waals surface area contributed by atoms with Gasteiger partial charge in [-0.05, 0) is 24.8 Å². The quantitative estimate of drug-likeness (QED) is 0.826. The minimum atomic E-state index is -0.933. The topological polar surface area (TPSA) is 66.5 Å². The van der Waals surface area contributed by atoms with E-state index in [1.165, 1.54) is 4.90 Å². The van der Waals surface area contributed by atoms with E-state index in [2.05, 4.69) is 5.32 Å². The molecule has 4 rings (SSSR count). The zero-order valence-corrected chi connectivity index (χ0v) is 10.8. The van der Waals surface area contributed by atoms with Gasteiger partial charge < -0.3 is 0 Å². The molecule has 1 aliphatic heterocycles. The number of carbonyl (C=O) groups is 3. The van der Waals surface area contributed by atoms with Gasteiger partial charge in [-0.3, -0.25) is 19.8 Å². The molecule has 1 aromatic carbocycles. The lowest BCUT2D eigenvalue weighted by Gasteiger charge is -2.30. The highest BCUT2D eigenvalue weighted by molar-refractivity contribution is 6.21. The lowest BCUT2D eigenvalue weighted by Crippen LogP contribution is -2.60. The van der Waals surface area contributed by atoms with Gasteiger partial charge in [0.15, 0.2) is 0 Å². The summed E-state index contributed by atoms with van der Waals surface area (Å²) in [5.74, 6) is -0.509. The van der Waals surface area contributed by atoms with Crippen LogP contribution in [0.1, 0.15) is 30.7 Å². The molecule has 2 unspecified atom stereocenters. The average Bonchev–Trinajstić information content (AvgIpc) is 3.33. The summed E-state index contributed by atoms with van der Waals surface area (Å²) in [6, 6.07) is 9.21. The maximum atomic E-state index is 12.4. The van der Waals surface area contributed by atoms with Gasteiger partial charge in [0.1, 0.15) is 5.41 Å². The SMILES string of the molecule is O=C1NC(=O)C2(CC2)C(=O)N1C1CC1c1ccccc1. The summed E-state index contributed by atoms with van der Waals surface area (Å²) >= 11 is 0. The highest BCUT2D eigenvalue weighted by atomic mass is 16.2. The number of hydrogen-bond acceptors (Lipinski definition) is 3. The van der Waals surface area contributed by atoms with Crippen molar-refractivity contribution < 1.29 is 14.4 Å². The first-order valence-corrected chi connectivity index (χ1v) is 6.87. The Morgan fingerprint density at radius 3 is 2.45 bits per heavy atom. The molecule has 0 radical (unpaired) electrons. The van der Waals surface area contributed by atoms with Crippen LogP contribution in [0.15, 0.2) is 30.3 Å². The van der Waals surface area contributed by atoms with Gasteiger partial charge in [0.25, 0.3) is 0 Å². The van der Waals surface area contributed by atoms with Crippen LogP contribution in [-0.4, -0.2) is 28.8 Å². The fourth-order valence-corrected chi connectivity index (χ4v) is 3.09. The lowest BCUT2D eigenvalue weighted by molar-refractivity contribution is -0.145. The van der Waals surface area contributed by atoms with Crippen molar-refractivity contribution in [3.05, 3.63) is 35.9 Å². The summed E-state index contributed by atoms with van der Waals surface area (Å²) in [5.41, 5.74) is 0.206. The van der Waals surface area contributed by atoms with Crippen LogP contribution in [0.4, 0.5) is 4.79 Å². The largest absolute Gasteiger partial charge is 0.331 e. The zero-order valence-electron chi connectivity index (χ0n) is 10.8. The van der Waals surface area contributed by atoms with Crippen LogP contribution in [0.3, 0.4) is 0 Å². The number of carbonyl (C=O) groups excluding carboxylic acids is 3. The van der Waals surface area contributed by atoms with Crippen molar-refractivity contribution in [2.24, 2.45) is 5.41 Å². The predicted molar refractivity (Wildman–Crippen MR) is 69.6 cm³/mol. The standard InChI is InChI=1S/C15H14N2O3/c18-12-15(6-7-15)13(19)17(14(20)16-12)11-8-10(11)9-4-2-1-3-5-9/h1-5,10-11H,6-8H2,(H,16,18,20). The van der Waals surface area contributed by atoms with Crippen LogP contribution in [0.5, 0.6) is 0 Å². The van der Waals surface area contributed by atoms with E-state index in [9.17, 15) is 14.4 Å². The van der Waals surface area contributed by atoms with Crippen LogP contribution < -0.4 is 5.32 Å². The number of nitrogens with zero attached hydrogens (tertiary/aromatic N) is 1. The Balaban J connectivity index is 1.59. The second-order valence-electron chi connectivity index (χ2n) is 5.84. The maximum Gasteiger partial charge on any atom is 0.331 e. The molecule has 0 bridgehead atoms.